The third-order valence-electron chi connectivity index (χ3n) is 4.00. The number of nitrogens with zero attached hydrogens (tertiary/aromatic N) is 1. The maximum absolute atomic E-state index is 12.2. The SMILES string of the molecule is CCS(=O)(=O)N1CCc2ccc(NC(=O)Nc3ccc(Br)cc3)cc21. The molecule has 0 saturated heterocycles. The van der Waals surface area contributed by atoms with E-state index in [1.165, 1.54) is 4.31 Å². The molecule has 0 unspecified atom stereocenters. The predicted octanol–water partition coefficient (Wildman–Crippen LogP) is 3.81. The Morgan fingerprint density at radius 1 is 1.12 bits per heavy atom. The number of nitrogens with one attached hydrogen (secondary N) is 2. The van der Waals surface area contributed by atoms with Crippen molar-refractivity contribution in [1.29, 1.82) is 0 Å². The van der Waals surface area contributed by atoms with Crippen molar-refractivity contribution in [2.75, 3.05) is 27.2 Å². The molecule has 0 spiro atoms. The smallest absolute Gasteiger partial charge is 0.308 e. The molecular weight excluding hydrogens is 406 g/mol. The van der Waals surface area contributed by atoms with Crippen molar-refractivity contribution in [3.05, 3.63) is 52.5 Å². The first-order chi connectivity index (χ1) is 11.9. The molecule has 132 valence electrons. The second-order valence-corrected chi connectivity index (χ2v) is 8.75. The molecule has 0 aromatic heterocycles. The lowest BCUT2D eigenvalue weighted by molar-refractivity contribution is 0.262. The van der Waals surface area contributed by atoms with Gasteiger partial charge in [-0.25, -0.2) is 13.2 Å². The number of anilines is 3. The topological polar surface area (TPSA) is 78.5 Å². The Morgan fingerprint density at radius 3 is 2.44 bits per heavy atom. The fraction of sp³-hybridized carbons (Fsp3) is 0.235. The van der Waals surface area contributed by atoms with E-state index in [2.05, 4.69) is 26.6 Å². The number of rotatable bonds is 4. The van der Waals surface area contributed by atoms with Gasteiger partial charge in [-0.3, -0.25) is 4.31 Å². The number of amides is 2. The van der Waals surface area contributed by atoms with Gasteiger partial charge in [0, 0.05) is 22.4 Å². The Bertz CT molecular complexity index is 898. The lowest BCUT2D eigenvalue weighted by Crippen LogP contribution is -2.30. The highest BCUT2D eigenvalue weighted by Gasteiger charge is 2.28. The molecule has 1 aliphatic heterocycles. The predicted molar refractivity (Wildman–Crippen MR) is 104 cm³/mol. The van der Waals surface area contributed by atoms with E-state index in [9.17, 15) is 13.2 Å². The molecule has 0 radical (unpaired) electrons. The van der Waals surface area contributed by atoms with Crippen LogP contribution in [0.3, 0.4) is 0 Å². The summed E-state index contributed by atoms with van der Waals surface area (Å²) in [5.41, 5.74) is 2.82. The molecule has 2 N–H and O–H groups in total. The van der Waals surface area contributed by atoms with Crippen molar-refractivity contribution in [1.82, 2.24) is 0 Å². The van der Waals surface area contributed by atoms with Crippen molar-refractivity contribution in [3.63, 3.8) is 0 Å². The number of halogens is 1. The molecule has 1 aliphatic rings. The van der Waals surface area contributed by atoms with Crippen LogP contribution in [0.15, 0.2) is 46.9 Å². The van der Waals surface area contributed by atoms with Crippen molar-refractivity contribution in [2.24, 2.45) is 0 Å². The normalized spacial score (nSPS) is 13.4. The van der Waals surface area contributed by atoms with Gasteiger partial charge >= 0.3 is 6.03 Å². The maximum atomic E-state index is 12.2. The minimum Gasteiger partial charge on any atom is -0.308 e. The molecule has 6 nitrogen and oxygen atoms in total. The Balaban J connectivity index is 1.75. The number of urea groups is 1. The molecule has 2 amide bonds. The largest absolute Gasteiger partial charge is 0.323 e. The molecule has 0 aliphatic carbocycles. The number of sulfonamides is 1. The highest BCUT2D eigenvalue weighted by molar-refractivity contribution is 9.10. The summed E-state index contributed by atoms with van der Waals surface area (Å²) in [7, 11) is -3.31. The van der Waals surface area contributed by atoms with Gasteiger partial charge in [-0.2, -0.15) is 0 Å². The van der Waals surface area contributed by atoms with Gasteiger partial charge in [-0.15, -0.1) is 0 Å². The second kappa shape index (κ2) is 7.05. The lowest BCUT2D eigenvalue weighted by Gasteiger charge is -2.19. The van der Waals surface area contributed by atoms with E-state index in [-0.39, 0.29) is 11.8 Å². The van der Waals surface area contributed by atoms with E-state index in [1.807, 2.05) is 18.2 Å². The van der Waals surface area contributed by atoms with E-state index in [1.54, 1.807) is 31.2 Å². The van der Waals surface area contributed by atoms with Crippen LogP contribution < -0.4 is 14.9 Å². The van der Waals surface area contributed by atoms with E-state index < -0.39 is 10.0 Å². The summed E-state index contributed by atoms with van der Waals surface area (Å²) >= 11 is 3.34. The van der Waals surface area contributed by atoms with Gasteiger partial charge in [-0.1, -0.05) is 22.0 Å². The zero-order chi connectivity index (χ0) is 18.0. The summed E-state index contributed by atoms with van der Waals surface area (Å²) < 4.78 is 26.7. The van der Waals surface area contributed by atoms with Crippen molar-refractivity contribution in [2.45, 2.75) is 13.3 Å². The second-order valence-electron chi connectivity index (χ2n) is 5.65. The van der Waals surface area contributed by atoms with Gasteiger partial charge in [0.15, 0.2) is 0 Å². The number of hydrogen-bond acceptors (Lipinski definition) is 3. The fourth-order valence-electron chi connectivity index (χ4n) is 2.70. The number of benzene rings is 2. The Morgan fingerprint density at radius 2 is 1.76 bits per heavy atom. The summed E-state index contributed by atoms with van der Waals surface area (Å²) in [5, 5.41) is 5.48. The molecule has 0 fully saturated rings. The summed E-state index contributed by atoms with van der Waals surface area (Å²) in [6.45, 7) is 2.07. The van der Waals surface area contributed by atoms with Crippen molar-refractivity contribution < 1.29 is 13.2 Å². The van der Waals surface area contributed by atoms with E-state index in [4.69, 9.17) is 0 Å². The van der Waals surface area contributed by atoms with E-state index in [0.29, 0.717) is 30.0 Å². The highest BCUT2D eigenvalue weighted by Crippen LogP contribution is 2.33. The number of carbonyl (C=O) groups is 1. The minimum absolute atomic E-state index is 0.0498. The third-order valence-corrected chi connectivity index (χ3v) is 6.31. The van der Waals surface area contributed by atoms with E-state index >= 15 is 0 Å². The Labute approximate surface area is 155 Å². The van der Waals surface area contributed by atoms with Crippen LogP contribution >= 0.6 is 15.9 Å². The molecule has 0 bridgehead atoms. The lowest BCUT2D eigenvalue weighted by atomic mass is 10.1. The molecule has 3 rings (SSSR count). The maximum Gasteiger partial charge on any atom is 0.323 e. The number of carbonyl (C=O) groups excluding carboxylic acids is 1. The van der Waals surface area contributed by atoms with E-state index in [0.717, 1.165) is 10.0 Å². The zero-order valence-electron chi connectivity index (χ0n) is 13.6. The molecular formula is C17H18BrN3O3S. The summed E-state index contributed by atoms with van der Waals surface area (Å²) in [5.74, 6) is 0.0498. The van der Waals surface area contributed by atoms with Gasteiger partial charge in [0.25, 0.3) is 0 Å². The van der Waals surface area contributed by atoms with Crippen LogP contribution in [0.1, 0.15) is 12.5 Å². The average molecular weight is 424 g/mol. The molecule has 0 atom stereocenters. The Hall–Kier alpha value is -2.06. The van der Waals surface area contributed by atoms with Crippen LogP contribution in [0.4, 0.5) is 21.9 Å². The van der Waals surface area contributed by atoms with Crippen molar-refractivity contribution in [3.8, 4) is 0 Å². The zero-order valence-corrected chi connectivity index (χ0v) is 16.0. The first-order valence-corrected chi connectivity index (χ1v) is 10.3. The molecule has 1 heterocycles. The van der Waals surface area contributed by atoms with Gasteiger partial charge < -0.3 is 10.6 Å². The van der Waals surface area contributed by atoms with Crippen LogP contribution in [0.25, 0.3) is 0 Å². The van der Waals surface area contributed by atoms with Gasteiger partial charge in [0.2, 0.25) is 10.0 Å². The number of hydrogen-bond donors (Lipinski definition) is 2. The molecule has 8 heteroatoms. The molecule has 2 aromatic carbocycles. The van der Waals surface area contributed by atoms with Gasteiger partial charge in [-0.05, 0) is 55.3 Å². The van der Waals surface area contributed by atoms with Crippen LogP contribution in [0.5, 0.6) is 0 Å². The minimum atomic E-state index is -3.31. The number of fused-ring (bicyclic) bond motifs is 1. The summed E-state index contributed by atoms with van der Waals surface area (Å²) in [6.07, 6.45) is 0.680. The first kappa shape index (κ1) is 17.8. The fourth-order valence-corrected chi connectivity index (χ4v) is 4.11. The van der Waals surface area contributed by atoms with Gasteiger partial charge in [0.05, 0.1) is 11.4 Å². The van der Waals surface area contributed by atoms with Crippen LogP contribution in [-0.2, 0) is 16.4 Å². The third kappa shape index (κ3) is 3.96. The molecule has 2 aromatic rings. The monoisotopic (exact) mass is 423 g/mol. The summed E-state index contributed by atoms with van der Waals surface area (Å²) in [6, 6.07) is 12.2. The van der Waals surface area contributed by atoms with Crippen LogP contribution in [0, 0.1) is 0 Å². The standard InChI is InChI=1S/C17H18BrN3O3S/c1-2-25(23,24)21-10-9-12-3-6-15(11-16(12)21)20-17(22)19-14-7-4-13(18)5-8-14/h3-8,11H,2,9-10H2,1H3,(H2,19,20,22). The van der Waals surface area contributed by atoms with Crippen LogP contribution in [-0.4, -0.2) is 26.7 Å². The Kier molecular flexibility index (Phi) is 5.01. The quantitative estimate of drug-likeness (QED) is 0.784. The first-order valence-electron chi connectivity index (χ1n) is 7.86. The highest BCUT2D eigenvalue weighted by atomic mass is 79.9. The summed E-state index contributed by atoms with van der Waals surface area (Å²) in [4.78, 5) is 12.1. The van der Waals surface area contributed by atoms with Gasteiger partial charge in [0.1, 0.15) is 0 Å². The van der Waals surface area contributed by atoms with Crippen LogP contribution in [0.2, 0.25) is 0 Å². The molecule has 25 heavy (non-hydrogen) atoms. The molecule has 0 saturated carbocycles. The van der Waals surface area contributed by atoms with Crippen molar-refractivity contribution >= 4 is 49.0 Å². The average Bonchev–Trinajstić information content (AvgIpc) is 3.01.